The molecule has 0 saturated heterocycles. The standard InChI is InChI=1S/C45H28N4O/c1-2-11-28(12-3-1)45-48-39(31-14-10-13-30(25-31)37-17-8-9-24-46-37)27-40(49-45)35-22-21-32(44-43(35)34-16-4-6-18-38(34)47-44)29-20-23-42-36(26-29)33-15-5-7-19-41(33)50-42/h1-27,47H. The van der Waals surface area contributed by atoms with Crippen molar-refractivity contribution in [3.05, 3.63) is 164 Å². The van der Waals surface area contributed by atoms with Crippen LogP contribution in [-0.2, 0) is 0 Å². The molecule has 234 valence electrons. The fraction of sp³-hybridized carbons (Fsp3) is 0. The summed E-state index contributed by atoms with van der Waals surface area (Å²) >= 11 is 0. The quantitative estimate of drug-likeness (QED) is 0.203. The predicted octanol–water partition coefficient (Wildman–Crippen LogP) is 11.7. The van der Waals surface area contributed by atoms with Gasteiger partial charge in [0.2, 0.25) is 0 Å². The largest absolute Gasteiger partial charge is 0.456 e. The topological polar surface area (TPSA) is 67.6 Å². The summed E-state index contributed by atoms with van der Waals surface area (Å²) in [7, 11) is 0. The molecule has 0 bridgehead atoms. The molecule has 0 aliphatic heterocycles. The van der Waals surface area contributed by atoms with Gasteiger partial charge in [0.05, 0.1) is 22.6 Å². The molecule has 10 rings (SSSR count). The van der Waals surface area contributed by atoms with Gasteiger partial charge in [-0.15, -0.1) is 0 Å². The van der Waals surface area contributed by atoms with Crippen LogP contribution < -0.4 is 0 Å². The summed E-state index contributed by atoms with van der Waals surface area (Å²) in [4.78, 5) is 18.7. The van der Waals surface area contributed by atoms with E-state index in [-0.39, 0.29) is 0 Å². The van der Waals surface area contributed by atoms with Crippen LogP contribution >= 0.6 is 0 Å². The van der Waals surface area contributed by atoms with Crippen molar-refractivity contribution >= 4 is 43.7 Å². The van der Waals surface area contributed by atoms with Gasteiger partial charge in [0.1, 0.15) is 11.2 Å². The van der Waals surface area contributed by atoms with Gasteiger partial charge in [-0.05, 0) is 54.1 Å². The van der Waals surface area contributed by atoms with Crippen molar-refractivity contribution in [2.75, 3.05) is 0 Å². The number of furan rings is 1. The molecule has 0 amide bonds. The van der Waals surface area contributed by atoms with E-state index in [9.17, 15) is 0 Å². The summed E-state index contributed by atoms with van der Waals surface area (Å²) < 4.78 is 6.16. The molecule has 10 aromatic rings. The maximum Gasteiger partial charge on any atom is 0.160 e. The van der Waals surface area contributed by atoms with E-state index >= 15 is 0 Å². The SMILES string of the molecule is c1ccc(-c2nc(-c3cccc(-c4ccccn4)c3)cc(-c3ccc(-c4ccc5oc6ccccc6c5c4)c4[nH]c5ccccc5c34)n2)cc1. The fourth-order valence-electron chi connectivity index (χ4n) is 7.13. The number of H-pyrrole nitrogens is 1. The van der Waals surface area contributed by atoms with Gasteiger partial charge in [0.15, 0.2) is 5.82 Å². The molecule has 0 spiro atoms. The third-order valence-corrected chi connectivity index (χ3v) is 9.50. The van der Waals surface area contributed by atoms with Crippen LogP contribution in [-0.4, -0.2) is 19.9 Å². The van der Waals surface area contributed by atoms with E-state index in [2.05, 4.69) is 119 Å². The van der Waals surface area contributed by atoms with Crippen LogP contribution in [0.1, 0.15) is 0 Å². The predicted molar refractivity (Wildman–Crippen MR) is 204 cm³/mol. The molecule has 0 atom stereocenters. The minimum Gasteiger partial charge on any atom is -0.456 e. The van der Waals surface area contributed by atoms with E-state index in [1.54, 1.807) is 0 Å². The molecule has 1 N–H and O–H groups in total. The maximum atomic E-state index is 6.16. The van der Waals surface area contributed by atoms with Crippen molar-refractivity contribution in [2.24, 2.45) is 0 Å². The molecule has 5 nitrogen and oxygen atoms in total. The Balaban J connectivity index is 1.20. The number of benzene rings is 6. The lowest BCUT2D eigenvalue weighted by molar-refractivity contribution is 0.669. The molecule has 50 heavy (non-hydrogen) atoms. The molecule has 4 aromatic heterocycles. The third-order valence-electron chi connectivity index (χ3n) is 9.50. The first kappa shape index (κ1) is 28.2. The van der Waals surface area contributed by atoms with Gasteiger partial charge in [0.25, 0.3) is 0 Å². The number of aromatic nitrogens is 4. The van der Waals surface area contributed by atoms with Gasteiger partial charge < -0.3 is 9.40 Å². The number of hydrogen-bond donors (Lipinski definition) is 1. The smallest absolute Gasteiger partial charge is 0.160 e. The van der Waals surface area contributed by atoms with E-state index in [1.165, 1.54) is 0 Å². The Bertz CT molecular complexity index is 2870. The van der Waals surface area contributed by atoms with Gasteiger partial charge in [0, 0.05) is 61.1 Å². The Morgan fingerprint density at radius 1 is 0.440 bits per heavy atom. The van der Waals surface area contributed by atoms with Gasteiger partial charge in [-0.2, -0.15) is 0 Å². The molecular weight excluding hydrogens is 613 g/mol. The molecule has 0 aliphatic rings. The normalized spacial score (nSPS) is 11.6. The average Bonchev–Trinajstić information content (AvgIpc) is 3.77. The van der Waals surface area contributed by atoms with Crippen LogP contribution in [0.15, 0.2) is 168 Å². The maximum absolute atomic E-state index is 6.16. The van der Waals surface area contributed by atoms with E-state index < -0.39 is 0 Å². The van der Waals surface area contributed by atoms with Crippen molar-refractivity contribution in [3.8, 4) is 56.3 Å². The average molecular weight is 641 g/mol. The number of hydrogen-bond acceptors (Lipinski definition) is 4. The van der Waals surface area contributed by atoms with Crippen molar-refractivity contribution in [1.82, 2.24) is 19.9 Å². The first-order valence-electron chi connectivity index (χ1n) is 16.7. The Morgan fingerprint density at radius 3 is 2.04 bits per heavy atom. The molecule has 0 unspecified atom stereocenters. The first-order valence-corrected chi connectivity index (χ1v) is 16.7. The van der Waals surface area contributed by atoms with Crippen LogP contribution in [0.25, 0.3) is 100 Å². The van der Waals surface area contributed by atoms with E-state index in [0.717, 1.165) is 94.2 Å². The zero-order chi connectivity index (χ0) is 33.0. The Kier molecular flexibility index (Phi) is 6.42. The number of aromatic amines is 1. The second-order valence-electron chi connectivity index (χ2n) is 12.5. The van der Waals surface area contributed by atoms with E-state index in [0.29, 0.717) is 5.82 Å². The minimum atomic E-state index is 0.677. The van der Waals surface area contributed by atoms with Crippen LogP contribution in [0, 0.1) is 0 Å². The lowest BCUT2D eigenvalue weighted by Gasteiger charge is -2.13. The number of nitrogens with zero attached hydrogens (tertiary/aromatic N) is 3. The van der Waals surface area contributed by atoms with Crippen molar-refractivity contribution in [1.29, 1.82) is 0 Å². The van der Waals surface area contributed by atoms with Crippen LogP contribution in [0.4, 0.5) is 0 Å². The van der Waals surface area contributed by atoms with Crippen LogP contribution in [0.5, 0.6) is 0 Å². The zero-order valence-electron chi connectivity index (χ0n) is 26.8. The highest BCUT2D eigenvalue weighted by Gasteiger charge is 2.19. The molecule has 0 fully saturated rings. The van der Waals surface area contributed by atoms with E-state index in [4.69, 9.17) is 14.4 Å². The summed E-state index contributed by atoms with van der Waals surface area (Å²) in [6.07, 6.45) is 1.82. The van der Waals surface area contributed by atoms with Gasteiger partial charge in [-0.25, -0.2) is 9.97 Å². The Hall–Kier alpha value is -6.85. The minimum absolute atomic E-state index is 0.677. The molecule has 5 heteroatoms. The van der Waals surface area contributed by atoms with Gasteiger partial charge in [-0.3, -0.25) is 4.98 Å². The van der Waals surface area contributed by atoms with Gasteiger partial charge >= 0.3 is 0 Å². The molecular formula is C45H28N4O. The summed E-state index contributed by atoms with van der Waals surface area (Å²) in [6, 6.07) is 54.3. The third kappa shape index (κ3) is 4.67. The molecule has 0 saturated carbocycles. The van der Waals surface area contributed by atoms with E-state index in [1.807, 2.05) is 54.7 Å². The second kappa shape index (κ2) is 11.4. The summed E-state index contributed by atoms with van der Waals surface area (Å²) in [5, 5.41) is 4.49. The summed E-state index contributed by atoms with van der Waals surface area (Å²) in [5.74, 6) is 0.677. The Labute approximate surface area is 287 Å². The lowest BCUT2D eigenvalue weighted by atomic mass is 9.95. The lowest BCUT2D eigenvalue weighted by Crippen LogP contribution is -1.97. The van der Waals surface area contributed by atoms with Crippen LogP contribution in [0.2, 0.25) is 0 Å². The van der Waals surface area contributed by atoms with Crippen molar-refractivity contribution in [3.63, 3.8) is 0 Å². The molecule has 0 aliphatic carbocycles. The summed E-state index contributed by atoms with van der Waals surface area (Å²) in [5.41, 5.74) is 12.8. The molecule has 6 aromatic carbocycles. The second-order valence-corrected chi connectivity index (χ2v) is 12.5. The highest BCUT2D eigenvalue weighted by Crippen LogP contribution is 2.42. The zero-order valence-corrected chi connectivity index (χ0v) is 26.8. The monoisotopic (exact) mass is 640 g/mol. The van der Waals surface area contributed by atoms with Crippen LogP contribution in [0.3, 0.4) is 0 Å². The van der Waals surface area contributed by atoms with Gasteiger partial charge in [-0.1, -0.05) is 109 Å². The highest BCUT2D eigenvalue weighted by molar-refractivity contribution is 6.18. The highest BCUT2D eigenvalue weighted by atomic mass is 16.3. The number of para-hydroxylation sites is 2. The molecule has 0 radical (unpaired) electrons. The number of nitrogens with one attached hydrogen (secondary N) is 1. The number of pyridine rings is 1. The summed E-state index contributed by atoms with van der Waals surface area (Å²) in [6.45, 7) is 0. The first-order chi connectivity index (χ1) is 24.8. The van der Waals surface area contributed by atoms with Crippen molar-refractivity contribution < 1.29 is 4.42 Å². The fourth-order valence-corrected chi connectivity index (χ4v) is 7.13. The molecule has 4 heterocycles. The van der Waals surface area contributed by atoms with Crippen molar-refractivity contribution in [2.45, 2.75) is 0 Å². The Morgan fingerprint density at radius 2 is 1.16 bits per heavy atom. The number of rotatable bonds is 5. The number of fused-ring (bicyclic) bond motifs is 6.